The Morgan fingerprint density at radius 3 is 2.94 bits per heavy atom. The van der Waals surface area contributed by atoms with Crippen LogP contribution in [0.25, 0.3) is 11.2 Å². The Balaban J connectivity index is 2.64. The molecule has 0 amide bonds. The summed E-state index contributed by atoms with van der Waals surface area (Å²) in [6.07, 6.45) is 1.62. The zero-order valence-corrected chi connectivity index (χ0v) is 9.17. The third-order valence-electron chi connectivity index (χ3n) is 2.23. The van der Waals surface area contributed by atoms with Crippen LogP contribution in [0, 0.1) is 5.92 Å². The fourth-order valence-electron chi connectivity index (χ4n) is 1.65. The molecule has 0 aliphatic rings. The van der Waals surface area contributed by atoms with E-state index in [0.29, 0.717) is 23.6 Å². The Morgan fingerprint density at radius 2 is 2.31 bits per heavy atom. The van der Waals surface area contributed by atoms with Crippen LogP contribution in [-0.2, 0) is 6.54 Å². The average molecular weight is 218 g/mol. The van der Waals surface area contributed by atoms with Gasteiger partial charge in [-0.3, -0.25) is 0 Å². The van der Waals surface area contributed by atoms with E-state index in [9.17, 15) is 9.90 Å². The number of aromatic nitrogens is 3. The average Bonchev–Trinajstić information content (AvgIpc) is 2.57. The van der Waals surface area contributed by atoms with E-state index in [1.807, 2.05) is 13.8 Å². The summed E-state index contributed by atoms with van der Waals surface area (Å²) in [5.41, 5.74) is 1.18. The molecule has 0 saturated heterocycles. The van der Waals surface area contributed by atoms with Gasteiger partial charge in [0, 0.05) is 12.7 Å². The lowest BCUT2D eigenvalue weighted by Gasteiger charge is -2.10. The van der Waals surface area contributed by atoms with Crippen LogP contribution in [0.3, 0.4) is 0 Å². The maximum atomic E-state index is 11.0. The molecule has 0 aliphatic carbocycles. The molecule has 0 atom stereocenters. The van der Waals surface area contributed by atoms with Crippen LogP contribution in [-0.4, -0.2) is 20.5 Å². The summed E-state index contributed by atoms with van der Waals surface area (Å²) in [7, 11) is 0. The van der Waals surface area contributed by atoms with Crippen LogP contribution in [0.15, 0.2) is 18.3 Å². The molecule has 5 nitrogen and oxygen atoms in total. The summed E-state index contributed by atoms with van der Waals surface area (Å²) < 4.78 is 1.59. The number of aromatic carboxylic acids is 1. The number of carbonyl (C=O) groups excluding carboxylic acids is 1. The third-order valence-corrected chi connectivity index (χ3v) is 2.23. The Kier molecular flexibility index (Phi) is 2.60. The van der Waals surface area contributed by atoms with Crippen molar-refractivity contribution < 1.29 is 9.90 Å². The van der Waals surface area contributed by atoms with Crippen molar-refractivity contribution in [2.24, 2.45) is 5.92 Å². The van der Waals surface area contributed by atoms with E-state index >= 15 is 0 Å². The van der Waals surface area contributed by atoms with Crippen LogP contribution in [0.4, 0.5) is 0 Å². The number of hydrogen-bond donors (Lipinski definition) is 0. The SMILES string of the molecule is CC(C)Cn1c(C(=O)[O-])nc2cccnc21. The zero-order chi connectivity index (χ0) is 11.7. The molecule has 16 heavy (non-hydrogen) atoms. The van der Waals surface area contributed by atoms with Crippen LogP contribution in [0.5, 0.6) is 0 Å². The number of carboxylic acid groups (broad SMARTS) is 1. The number of pyridine rings is 1. The van der Waals surface area contributed by atoms with Crippen molar-refractivity contribution in [3.63, 3.8) is 0 Å². The molecule has 0 bridgehead atoms. The summed E-state index contributed by atoms with van der Waals surface area (Å²) in [4.78, 5) is 19.1. The lowest BCUT2D eigenvalue weighted by atomic mass is 10.2. The molecule has 0 saturated carbocycles. The van der Waals surface area contributed by atoms with Gasteiger partial charge in [0.25, 0.3) is 0 Å². The van der Waals surface area contributed by atoms with Crippen molar-refractivity contribution in [3.05, 3.63) is 24.2 Å². The largest absolute Gasteiger partial charge is 0.542 e. The Hall–Kier alpha value is -1.91. The molecule has 2 aromatic rings. The number of carbonyl (C=O) groups is 1. The van der Waals surface area contributed by atoms with E-state index in [-0.39, 0.29) is 5.82 Å². The zero-order valence-electron chi connectivity index (χ0n) is 9.17. The van der Waals surface area contributed by atoms with Crippen molar-refractivity contribution in [3.8, 4) is 0 Å². The maximum absolute atomic E-state index is 11.0. The van der Waals surface area contributed by atoms with Crippen molar-refractivity contribution in [2.75, 3.05) is 0 Å². The first-order chi connectivity index (χ1) is 7.59. The molecule has 84 valence electrons. The Labute approximate surface area is 92.8 Å². The molecule has 0 N–H and O–H groups in total. The van der Waals surface area contributed by atoms with Crippen molar-refractivity contribution >= 4 is 17.1 Å². The van der Waals surface area contributed by atoms with Crippen LogP contribution >= 0.6 is 0 Å². The number of nitrogens with zero attached hydrogens (tertiary/aromatic N) is 3. The lowest BCUT2D eigenvalue weighted by molar-refractivity contribution is -0.256. The predicted molar refractivity (Wildman–Crippen MR) is 56.7 cm³/mol. The molecular weight excluding hydrogens is 206 g/mol. The maximum Gasteiger partial charge on any atom is 0.160 e. The van der Waals surface area contributed by atoms with Gasteiger partial charge in [-0.25, -0.2) is 9.97 Å². The highest BCUT2D eigenvalue weighted by Gasteiger charge is 2.12. The quantitative estimate of drug-likeness (QED) is 0.750. The Morgan fingerprint density at radius 1 is 1.56 bits per heavy atom. The molecule has 0 fully saturated rings. The minimum atomic E-state index is -1.27. The van der Waals surface area contributed by atoms with E-state index in [0.717, 1.165) is 0 Å². The fourth-order valence-corrected chi connectivity index (χ4v) is 1.65. The lowest BCUT2D eigenvalue weighted by Crippen LogP contribution is -2.27. The van der Waals surface area contributed by atoms with Crippen LogP contribution < -0.4 is 5.11 Å². The molecule has 2 aromatic heterocycles. The second-order valence-corrected chi connectivity index (χ2v) is 4.07. The number of fused-ring (bicyclic) bond motifs is 1. The van der Waals surface area contributed by atoms with Gasteiger partial charge in [0.1, 0.15) is 11.5 Å². The van der Waals surface area contributed by atoms with Gasteiger partial charge in [0.2, 0.25) is 0 Å². The molecule has 0 radical (unpaired) electrons. The smallest absolute Gasteiger partial charge is 0.160 e. The highest BCUT2D eigenvalue weighted by Crippen LogP contribution is 2.14. The predicted octanol–water partition coefficient (Wildman–Crippen LogP) is 0.451. The standard InChI is InChI=1S/C11H13N3O2/c1-7(2)6-14-9-8(4-3-5-12-9)13-10(14)11(15)16/h3-5,7H,6H2,1-2H3,(H,15,16)/p-1. The van der Waals surface area contributed by atoms with Crippen molar-refractivity contribution in [1.29, 1.82) is 0 Å². The normalized spacial score (nSPS) is 11.2. The fraction of sp³-hybridized carbons (Fsp3) is 0.364. The highest BCUT2D eigenvalue weighted by atomic mass is 16.4. The van der Waals surface area contributed by atoms with E-state index in [1.165, 1.54) is 0 Å². The van der Waals surface area contributed by atoms with Crippen molar-refractivity contribution in [1.82, 2.24) is 14.5 Å². The summed E-state index contributed by atoms with van der Waals surface area (Å²) >= 11 is 0. The number of rotatable bonds is 3. The summed E-state index contributed by atoms with van der Waals surface area (Å²) in [6.45, 7) is 4.58. The molecule has 0 aromatic carbocycles. The topological polar surface area (TPSA) is 70.8 Å². The van der Waals surface area contributed by atoms with Gasteiger partial charge in [-0.1, -0.05) is 13.8 Å². The molecule has 0 unspecified atom stereocenters. The number of imidazole rings is 1. The molecular formula is C11H12N3O2-. The summed E-state index contributed by atoms with van der Waals surface area (Å²) in [6, 6.07) is 3.47. The van der Waals surface area contributed by atoms with Gasteiger partial charge in [-0.2, -0.15) is 0 Å². The first kappa shape index (κ1) is 10.6. The molecule has 2 heterocycles. The van der Waals surface area contributed by atoms with Crippen molar-refractivity contribution in [2.45, 2.75) is 20.4 Å². The van der Waals surface area contributed by atoms with Gasteiger partial charge in [0.15, 0.2) is 11.5 Å². The summed E-state index contributed by atoms with van der Waals surface area (Å²) in [5.74, 6) is -1.00. The monoisotopic (exact) mass is 218 g/mol. The van der Waals surface area contributed by atoms with E-state index < -0.39 is 5.97 Å². The molecule has 0 aliphatic heterocycles. The second kappa shape index (κ2) is 3.92. The first-order valence-electron chi connectivity index (χ1n) is 5.12. The minimum Gasteiger partial charge on any atom is -0.542 e. The van der Waals surface area contributed by atoms with Gasteiger partial charge in [0.05, 0.1) is 0 Å². The van der Waals surface area contributed by atoms with Gasteiger partial charge < -0.3 is 14.5 Å². The Bertz CT molecular complexity index is 531. The third kappa shape index (κ3) is 1.76. The minimum absolute atomic E-state index is 0.0533. The second-order valence-electron chi connectivity index (χ2n) is 4.07. The molecule has 5 heteroatoms. The highest BCUT2D eigenvalue weighted by molar-refractivity contribution is 5.87. The number of carboxylic acids is 1. The first-order valence-corrected chi connectivity index (χ1v) is 5.12. The van der Waals surface area contributed by atoms with Gasteiger partial charge in [-0.15, -0.1) is 0 Å². The van der Waals surface area contributed by atoms with Gasteiger partial charge in [-0.05, 0) is 18.1 Å². The number of hydrogen-bond acceptors (Lipinski definition) is 4. The molecule has 2 rings (SSSR count). The van der Waals surface area contributed by atoms with Crippen LogP contribution in [0.2, 0.25) is 0 Å². The molecule has 0 spiro atoms. The van der Waals surface area contributed by atoms with Gasteiger partial charge >= 0.3 is 0 Å². The van der Waals surface area contributed by atoms with E-state index in [4.69, 9.17) is 0 Å². The van der Waals surface area contributed by atoms with Crippen LogP contribution in [0.1, 0.15) is 24.5 Å². The summed E-state index contributed by atoms with van der Waals surface area (Å²) in [5, 5.41) is 11.0. The van der Waals surface area contributed by atoms with E-state index in [1.54, 1.807) is 22.9 Å². The van der Waals surface area contributed by atoms with E-state index in [2.05, 4.69) is 9.97 Å².